The number of H-pyrrole nitrogens is 1. The summed E-state index contributed by atoms with van der Waals surface area (Å²) in [5.74, 6) is 0. The summed E-state index contributed by atoms with van der Waals surface area (Å²) in [6.07, 6.45) is 3.10. The van der Waals surface area contributed by atoms with Gasteiger partial charge < -0.3 is 4.98 Å². The maximum absolute atomic E-state index is 9.21. The van der Waals surface area contributed by atoms with E-state index in [9.17, 15) is 5.26 Å². The smallest absolute Gasteiger partial charge is 0.121 e. The van der Waals surface area contributed by atoms with Crippen LogP contribution in [0.5, 0.6) is 0 Å². The summed E-state index contributed by atoms with van der Waals surface area (Å²) in [5, 5.41) is 9.21. The van der Waals surface area contributed by atoms with Crippen LogP contribution in [0, 0.1) is 16.0 Å². The van der Waals surface area contributed by atoms with Crippen LogP contribution in [-0.2, 0) is 12.8 Å². The first kappa shape index (κ1) is 11.2. The Bertz CT molecular complexity index is 693. The van der Waals surface area contributed by atoms with Crippen molar-refractivity contribution in [2.24, 2.45) is 0 Å². The highest BCUT2D eigenvalue weighted by atomic mass is 32.1. The summed E-state index contributed by atoms with van der Waals surface area (Å²) < 4.78 is 0.567. The van der Waals surface area contributed by atoms with Crippen molar-refractivity contribution in [1.29, 1.82) is 5.26 Å². The molecular formula is C15H12N2S. The van der Waals surface area contributed by atoms with Crippen LogP contribution in [0.3, 0.4) is 0 Å². The summed E-state index contributed by atoms with van der Waals surface area (Å²) in [7, 11) is 0. The van der Waals surface area contributed by atoms with Crippen molar-refractivity contribution in [2.45, 2.75) is 19.3 Å². The van der Waals surface area contributed by atoms with E-state index in [-0.39, 0.29) is 0 Å². The number of benzene rings is 1. The Labute approximate surface area is 111 Å². The summed E-state index contributed by atoms with van der Waals surface area (Å²) in [6, 6.07) is 12.4. The normalized spacial score (nSPS) is 13.1. The standard InChI is InChI=1S/C15H12N2S/c16-9-13-11-7-4-8-12(11)14(17-15(13)18)10-5-2-1-3-6-10/h1-3,5-6H,4,7-8H2,(H,17,18). The summed E-state index contributed by atoms with van der Waals surface area (Å²) in [6.45, 7) is 0. The highest BCUT2D eigenvalue weighted by Crippen LogP contribution is 2.33. The van der Waals surface area contributed by atoms with Gasteiger partial charge >= 0.3 is 0 Å². The third-order valence-electron chi connectivity index (χ3n) is 3.46. The van der Waals surface area contributed by atoms with Crippen molar-refractivity contribution in [3.05, 3.63) is 51.7 Å². The van der Waals surface area contributed by atoms with Crippen molar-refractivity contribution in [1.82, 2.24) is 4.98 Å². The van der Waals surface area contributed by atoms with Gasteiger partial charge in [-0.25, -0.2) is 0 Å². The minimum atomic E-state index is 0.567. The highest BCUT2D eigenvalue weighted by molar-refractivity contribution is 7.71. The zero-order chi connectivity index (χ0) is 12.5. The van der Waals surface area contributed by atoms with Gasteiger partial charge in [0.15, 0.2) is 0 Å². The van der Waals surface area contributed by atoms with Gasteiger partial charge in [0, 0.05) is 5.69 Å². The van der Waals surface area contributed by atoms with E-state index in [0.29, 0.717) is 10.2 Å². The van der Waals surface area contributed by atoms with Gasteiger partial charge in [-0.05, 0) is 36.0 Å². The van der Waals surface area contributed by atoms with Crippen LogP contribution < -0.4 is 0 Å². The van der Waals surface area contributed by atoms with Crippen molar-refractivity contribution in [3.63, 3.8) is 0 Å². The molecule has 0 spiro atoms. The lowest BCUT2D eigenvalue weighted by molar-refractivity contribution is 0.911. The average molecular weight is 252 g/mol. The maximum Gasteiger partial charge on any atom is 0.121 e. The molecule has 0 unspecified atom stereocenters. The number of nitrogens with one attached hydrogen (secondary N) is 1. The second kappa shape index (κ2) is 4.40. The Morgan fingerprint density at radius 1 is 1.11 bits per heavy atom. The molecule has 0 amide bonds. The molecule has 1 aromatic carbocycles. The predicted octanol–water partition coefficient (Wildman–Crippen LogP) is 3.77. The van der Waals surface area contributed by atoms with Crippen LogP contribution in [-0.4, -0.2) is 4.98 Å². The molecule has 1 aromatic heterocycles. The monoisotopic (exact) mass is 252 g/mol. The molecule has 0 saturated heterocycles. The molecule has 0 saturated carbocycles. The lowest BCUT2D eigenvalue weighted by Gasteiger charge is -2.10. The number of rotatable bonds is 1. The fraction of sp³-hybridized carbons (Fsp3) is 0.200. The van der Waals surface area contributed by atoms with Crippen LogP contribution in [0.4, 0.5) is 0 Å². The van der Waals surface area contributed by atoms with Crippen LogP contribution in [0.1, 0.15) is 23.1 Å². The minimum Gasteiger partial charge on any atom is -0.345 e. The van der Waals surface area contributed by atoms with Crippen molar-refractivity contribution < 1.29 is 0 Å². The molecule has 2 nitrogen and oxygen atoms in total. The van der Waals surface area contributed by atoms with Crippen LogP contribution in [0.25, 0.3) is 11.3 Å². The fourth-order valence-corrected chi connectivity index (χ4v) is 2.92. The molecule has 0 bridgehead atoms. The molecule has 88 valence electrons. The van der Waals surface area contributed by atoms with Gasteiger partial charge in [0.05, 0.1) is 5.56 Å². The third kappa shape index (κ3) is 1.66. The van der Waals surface area contributed by atoms with Crippen LogP contribution in [0.2, 0.25) is 0 Å². The Morgan fingerprint density at radius 2 is 1.83 bits per heavy atom. The van der Waals surface area contributed by atoms with Gasteiger partial charge in [0.25, 0.3) is 0 Å². The minimum absolute atomic E-state index is 0.567. The zero-order valence-corrected chi connectivity index (χ0v) is 10.7. The summed E-state index contributed by atoms with van der Waals surface area (Å²) in [4.78, 5) is 3.24. The Balaban J connectivity index is 2.31. The number of hydrogen-bond acceptors (Lipinski definition) is 2. The topological polar surface area (TPSA) is 39.6 Å². The molecule has 18 heavy (non-hydrogen) atoms. The SMILES string of the molecule is N#Cc1c2c(c(-c3ccccc3)[nH]c1=S)CCC2. The number of aromatic amines is 1. The molecule has 0 radical (unpaired) electrons. The average Bonchev–Trinajstić information content (AvgIpc) is 2.88. The van der Waals surface area contributed by atoms with E-state index in [1.54, 1.807) is 0 Å². The van der Waals surface area contributed by atoms with E-state index in [1.165, 1.54) is 5.56 Å². The zero-order valence-electron chi connectivity index (χ0n) is 9.86. The molecule has 3 heteroatoms. The summed E-state index contributed by atoms with van der Waals surface area (Å²) in [5.41, 5.74) is 5.32. The molecule has 0 fully saturated rings. The number of fused-ring (bicyclic) bond motifs is 1. The number of pyridine rings is 1. The molecular weight excluding hydrogens is 240 g/mol. The second-order valence-electron chi connectivity index (χ2n) is 4.49. The van der Waals surface area contributed by atoms with E-state index in [1.807, 2.05) is 18.2 Å². The lowest BCUT2D eigenvalue weighted by atomic mass is 10.00. The molecule has 2 aromatic rings. The highest BCUT2D eigenvalue weighted by Gasteiger charge is 2.20. The Morgan fingerprint density at radius 3 is 2.56 bits per heavy atom. The number of hydrogen-bond donors (Lipinski definition) is 1. The summed E-state index contributed by atoms with van der Waals surface area (Å²) >= 11 is 5.30. The van der Waals surface area contributed by atoms with Crippen molar-refractivity contribution >= 4 is 12.2 Å². The maximum atomic E-state index is 9.21. The molecule has 3 rings (SSSR count). The van der Waals surface area contributed by atoms with Gasteiger partial charge in [-0.1, -0.05) is 42.5 Å². The number of aromatic nitrogens is 1. The fourth-order valence-electron chi connectivity index (χ4n) is 2.65. The van der Waals surface area contributed by atoms with E-state index < -0.39 is 0 Å². The second-order valence-corrected chi connectivity index (χ2v) is 4.90. The van der Waals surface area contributed by atoms with Gasteiger partial charge in [0.2, 0.25) is 0 Å². The first-order valence-corrected chi connectivity index (χ1v) is 6.45. The van der Waals surface area contributed by atoms with Gasteiger partial charge in [-0.15, -0.1) is 0 Å². The Kier molecular flexibility index (Phi) is 2.73. The predicted molar refractivity (Wildman–Crippen MR) is 73.8 cm³/mol. The van der Waals surface area contributed by atoms with E-state index in [0.717, 1.165) is 36.1 Å². The molecule has 0 atom stereocenters. The molecule has 1 heterocycles. The van der Waals surface area contributed by atoms with Gasteiger partial charge in [0.1, 0.15) is 10.7 Å². The first-order valence-electron chi connectivity index (χ1n) is 6.05. The molecule has 1 aliphatic rings. The Hall–Kier alpha value is -1.92. The largest absolute Gasteiger partial charge is 0.345 e. The van der Waals surface area contributed by atoms with E-state index >= 15 is 0 Å². The van der Waals surface area contributed by atoms with E-state index in [4.69, 9.17) is 12.2 Å². The van der Waals surface area contributed by atoms with Gasteiger partial charge in [-0.2, -0.15) is 5.26 Å². The number of nitriles is 1. The van der Waals surface area contributed by atoms with Crippen molar-refractivity contribution in [3.8, 4) is 17.3 Å². The quantitative estimate of drug-likeness (QED) is 0.785. The molecule has 0 aliphatic heterocycles. The van der Waals surface area contributed by atoms with E-state index in [2.05, 4.69) is 23.2 Å². The van der Waals surface area contributed by atoms with Crippen LogP contribution >= 0.6 is 12.2 Å². The lowest BCUT2D eigenvalue weighted by Crippen LogP contribution is -1.98. The third-order valence-corrected chi connectivity index (χ3v) is 3.77. The molecule has 1 aliphatic carbocycles. The van der Waals surface area contributed by atoms with Crippen LogP contribution in [0.15, 0.2) is 30.3 Å². The molecule has 1 N–H and O–H groups in total. The first-order chi connectivity index (χ1) is 8.81. The number of nitrogens with zero attached hydrogens (tertiary/aromatic N) is 1. The van der Waals surface area contributed by atoms with Gasteiger partial charge in [-0.3, -0.25) is 0 Å². The van der Waals surface area contributed by atoms with Crippen molar-refractivity contribution in [2.75, 3.05) is 0 Å².